The molecule has 0 radical (unpaired) electrons. The summed E-state index contributed by atoms with van der Waals surface area (Å²) in [5.41, 5.74) is 5.33. The van der Waals surface area contributed by atoms with Crippen molar-refractivity contribution in [2.45, 2.75) is 31.9 Å². The van der Waals surface area contributed by atoms with E-state index in [-0.39, 0.29) is 10.8 Å². The van der Waals surface area contributed by atoms with E-state index in [2.05, 4.69) is 39.7 Å². The Morgan fingerprint density at radius 1 is 1.30 bits per heavy atom. The van der Waals surface area contributed by atoms with E-state index >= 15 is 0 Å². The van der Waals surface area contributed by atoms with Crippen LogP contribution in [0.25, 0.3) is 0 Å². The van der Waals surface area contributed by atoms with Crippen molar-refractivity contribution >= 4 is 34.3 Å². The van der Waals surface area contributed by atoms with Gasteiger partial charge >= 0.3 is 5.97 Å². The first-order valence-corrected chi connectivity index (χ1v) is 9.92. The van der Waals surface area contributed by atoms with Gasteiger partial charge < -0.3 is 10.0 Å². The first-order chi connectivity index (χ1) is 13.1. The molecule has 1 aromatic rings. The largest absolute Gasteiger partial charge is 0.478 e. The number of carboxylic acids is 1. The lowest BCUT2D eigenvalue weighted by molar-refractivity contribution is 0.0698. The van der Waals surface area contributed by atoms with Crippen LogP contribution >= 0.6 is 11.8 Å². The molecular formula is C20H22N4O2S. The van der Waals surface area contributed by atoms with E-state index in [1.165, 1.54) is 11.8 Å². The number of carboxylic acid groups (broad SMARTS) is 1. The van der Waals surface area contributed by atoms with Gasteiger partial charge in [-0.25, -0.2) is 9.79 Å². The van der Waals surface area contributed by atoms with Crippen LogP contribution in [-0.4, -0.2) is 34.6 Å². The number of azo groups is 1. The van der Waals surface area contributed by atoms with Gasteiger partial charge in [0.1, 0.15) is 5.69 Å². The van der Waals surface area contributed by atoms with Crippen molar-refractivity contribution in [3.05, 3.63) is 53.4 Å². The molecule has 1 aromatic carbocycles. The highest BCUT2D eigenvalue weighted by molar-refractivity contribution is 8.15. The zero-order valence-corrected chi connectivity index (χ0v) is 16.2. The number of allylic oxidation sites excluding steroid dienone is 1. The number of hydrogen-bond acceptors (Lipinski definition) is 6. The maximum atomic E-state index is 11.7. The predicted octanol–water partition coefficient (Wildman–Crippen LogP) is 5.18. The third kappa shape index (κ3) is 4.56. The Balaban J connectivity index is 1.83. The molecule has 2 aliphatic rings. The van der Waals surface area contributed by atoms with Crippen molar-refractivity contribution in [1.29, 1.82) is 0 Å². The minimum Gasteiger partial charge on any atom is -0.478 e. The number of fused-ring (bicyclic) bond motifs is 1. The summed E-state index contributed by atoms with van der Waals surface area (Å²) in [7, 11) is 0. The van der Waals surface area contributed by atoms with E-state index < -0.39 is 5.97 Å². The average Bonchev–Trinajstić information content (AvgIpc) is 3.09. The minimum absolute atomic E-state index is 0.113. The highest BCUT2D eigenvalue weighted by atomic mass is 32.2. The van der Waals surface area contributed by atoms with Gasteiger partial charge in [-0.15, -0.1) is 16.0 Å². The molecule has 6 nitrogen and oxygen atoms in total. The Morgan fingerprint density at radius 2 is 2.07 bits per heavy atom. The Labute approximate surface area is 163 Å². The summed E-state index contributed by atoms with van der Waals surface area (Å²) in [6.07, 6.45) is 7.64. The zero-order valence-electron chi connectivity index (χ0n) is 15.4. The minimum atomic E-state index is -1.01. The topological polar surface area (TPSA) is 77.6 Å². The molecule has 0 spiro atoms. The van der Waals surface area contributed by atoms with Gasteiger partial charge in [0, 0.05) is 18.8 Å². The van der Waals surface area contributed by atoms with Gasteiger partial charge in [-0.1, -0.05) is 25.6 Å². The maximum Gasteiger partial charge on any atom is 0.338 e. The fourth-order valence-electron chi connectivity index (χ4n) is 2.93. The van der Waals surface area contributed by atoms with Gasteiger partial charge in [-0.3, -0.25) is 0 Å². The van der Waals surface area contributed by atoms with E-state index in [9.17, 15) is 9.90 Å². The first kappa shape index (κ1) is 19.1. The van der Waals surface area contributed by atoms with Crippen LogP contribution in [0.2, 0.25) is 0 Å². The number of amidine groups is 1. The molecule has 1 N–H and O–H groups in total. The second-order valence-electron chi connectivity index (χ2n) is 6.22. The number of aromatic carboxylic acids is 1. The average molecular weight is 382 g/mol. The molecule has 0 saturated carbocycles. The van der Waals surface area contributed by atoms with Gasteiger partial charge in [0.05, 0.1) is 16.5 Å². The van der Waals surface area contributed by atoms with E-state index in [1.54, 1.807) is 12.1 Å². The summed E-state index contributed by atoms with van der Waals surface area (Å²) >= 11 is 1.48. The molecule has 140 valence electrons. The highest BCUT2D eigenvalue weighted by Gasteiger charge is 2.23. The van der Waals surface area contributed by atoms with Crippen LogP contribution in [0.5, 0.6) is 0 Å². The Morgan fingerprint density at radius 3 is 2.74 bits per heavy atom. The van der Waals surface area contributed by atoms with Crippen molar-refractivity contribution in [2.75, 3.05) is 18.0 Å². The SMILES string of the molecule is CCCN(CCC)c1ccc(N=NC2=NC3=CC=C=CC3S2)c(C(=O)O)c1. The fraction of sp³-hybridized carbons (Fsp3) is 0.350. The molecule has 0 amide bonds. The lowest BCUT2D eigenvalue weighted by Crippen LogP contribution is -2.25. The quantitative estimate of drug-likeness (QED) is 0.521. The van der Waals surface area contributed by atoms with Crippen molar-refractivity contribution in [3.8, 4) is 0 Å². The van der Waals surface area contributed by atoms with Crippen LogP contribution in [-0.2, 0) is 0 Å². The van der Waals surface area contributed by atoms with E-state index in [1.807, 2.05) is 24.3 Å². The van der Waals surface area contributed by atoms with Gasteiger partial charge in [-0.2, -0.15) is 0 Å². The van der Waals surface area contributed by atoms with Crippen LogP contribution in [0, 0.1) is 0 Å². The van der Waals surface area contributed by atoms with Crippen LogP contribution < -0.4 is 4.90 Å². The number of thioether (sulfide) groups is 1. The van der Waals surface area contributed by atoms with Crippen LogP contribution in [0.1, 0.15) is 37.0 Å². The third-order valence-corrected chi connectivity index (χ3v) is 5.17. The molecule has 1 unspecified atom stereocenters. The molecule has 1 atom stereocenters. The van der Waals surface area contributed by atoms with E-state index in [4.69, 9.17) is 0 Å². The molecule has 27 heavy (non-hydrogen) atoms. The number of rotatable bonds is 7. The molecule has 1 aliphatic carbocycles. The molecule has 0 aromatic heterocycles. The Bertz CT molecular complexity index is 876. The summed E-state index contributed by atoms with van der Waals surface area (Å²) < 4.78 is 0. The fourth-order valence-corrected chi connectivity index (χ4v) is 3.81. The monoisotopic (exact) mass is 382 g/mol. The maximum absolute atomic E-state index is 11.7. The number of hydrogen-bond donors (Lipinski definition) is 1. The van der Waals surface area contributed by atoms with E-state index in [0.29, 0.717) is 10.9 Å². The first-order valence-electron chi connectivity index (χ1n) is 9.04. The van der Waals surface area contributed by atoms with Crippen molar-refractivity contribution in [3.63, 3.8) is 0 Å². The molecule has 0 bridgehead atoms. The molecular weight excluding hydrogens is 360 g/mol. The van der Waals surface area contributed by atoms with Crippen molar-refractivity contribution in [1.82, 2.24) is 0 Å². The Hall–Kier alpha value is -2.63. The van der Waals surface area contributed by atoms with Gasteiger partial charge in [0.15, 0.2) is 0 Å². The summed E-state index contributed by atoms with van der Waals surface area (Å²) in [6.45, 7) is 6.00. The standard InChI is InChI=1S/C20H22N4O2S/c1-3-11-24(12-4-2)14-9-10-16(15(13-14)19(25)26)22-23-20-21-17-7-5-6-8-18(17)27-20/h5,7-10,13,18H,3-4,11-12H2,1-2H3,(H,25,26). The second-order valence-corrected chi connectivity index (χ2v) is 7.33. The number of aliphatic imine (C=N–C) groups is 1. The predicted molar refractivity (Wildman–Crippen MR) is 110 cm³/mol. The third-order valence-electron chi connectivity index (χ3n) is 4.15. The lowest BCUT2D eigenvalue weighted by atomic mass is 10.1. The molecule has 3 rings (SSSR count). The molecule has 0 saturated heterocycles. The van der Waals surface area contributed by atoms with Crippen LogP contribution in [0.3, 0.4) is 0 Å². The Kier molecular flexibility index (Phi) is 6.27. The van der Waals surface area contributed by atoms with Gasteiger partial charge in [0.25, 0.3) is 0 Å². The molecule has 1 aliphatic heterocycles. The number of nitrogens with zero attached hydrogens (tertiary/aromatic N) is 4. The summed E-state index contributed by atoms with van der Waals surface area (Å²) in [6, 6.07) is 5.31. The lowest BCUT2D eigenvalue weighted by Gasteiger charge is -2.24. The number of benzene rings is 1. The van der Waals surface area contributed by atoms with Gasteiger partial charge in [-0.05, 0) is 49.3 Å². The molecule has 7 heteroatoms. The zero-order chi connectivity index (χ0) is 19.2. The van der Waals surface area contributed by atoms with Crippen molar-refractivity contribution in [2.24, 2.45) is 15.2 Å². The molecule has 0 fully saturated rings. The van der Waals surface area contributed by atoms with Crippen LogP contribution in [0.4, 0.5) is 11.4 Å². The second kappa shape index (κ2) is 8.84. The summed E-state index contributed by atoms with van der Waals surface area (Å²) in [4.78, 5) is 18.3. The number of anilines is 1. The normalized spacial score (nSPS) is 17.8. The summed E-state index contributed by atoms with van der Waals surface area (Å²) in [5, 5.41) is 18.6. The smallest absolute Gasteiger partial charge is 0.338 e. The summed E-state index contributed by atoms with van der Waals surface area (Å²) in [5.74, 6) is -1.01. The van der Waals surface area contributed by atoms with Gasteiger partial charge in [0.2, 0.25) is 5.17 Å². The number of carbonyl (C=O) groups is 1. The highest BCUT2D eigenvalue weighted by Crippen LogP contribution is 2.34. The van der Waals surface area contributed by atoms with Crippen LogP contribution in [0.15, 0.2) is 63.1 Å². The molecule has 1 heterocycles. The van der Waals surface area contributed by atoms with E-state index in [0.717, 1.165) is 37.3 Å². The van der Waals surface area contributed by atoms with Crippen molar-refractivity contribution < 1.29 is 9.90 Å².